The molecule has 1 heterocycles. The van der Waals surface area contributed by atoms with E-state index < -0.39 is 0 Å². The highest BCUT2D eigenvalue weighted by molar-refractivity contribution is 7.09. The minimum absolute atomic E-state index is 0.158. The quantitative estimate of drug-likeness (QED) is 0.718. The smallest absolute Gasteiger partial charge is 0.110 e. The van der Waals surface area contributed by atoms with Crippen LogP contribution in [0.25, 0.3) is 0 Å². The van der Waals surface area contributed by atoms with Crippen molar-refractivity contribution in [2.24, 2.45) is 5.73 Å². The molecule has 0 bridgehead atoms. The lowest BCUT2D eigenvalue weighted by atomic mass is 10.1. The normalized spacial score (nSPS) is 13.0. The molecular weight excluding hydrogens is 204 g/mol. The third kappa shape index (κ3) is 4.76. The molecule has 0 fully saturated rings. The van der Waals surface area contributed by atoms with Crippen molar-refractivity contribution in [1.29, 1.82) is 0 Å². The Labute approximate surface area is 96.9 Å². The molecule has 0 aromatic carbocycles. The summed E-state index contributed by atoms with van der Waals surface area (Å²) in [6.07, 6.45) is 7.63. The standard InChI is InChI=1S/C12H22N2S/c1-3-4-5-6-7-8-11(13)12-14-10(2)9-15-12/h9,11H,3-8,13H2,1-2H3. The first-order chi connectivity index (χ1) is 7.24. The molecule has 86 valence electrons. The second-order valence-electron chi connectivity index (χ2n) is 4.14. The summed E-state index contributed by atoms with van der Waals surface area (Å²) in [7, 11) is 0. The van der Waals surface area contributed by atoms with E-state index in [-0.39, 0.29) is 6.04 Å². The lowest BCUT2D eigenvalue weighted by Gasteiger charge is -2.07. The van der Waals surface area contributed by atoms with E-state index in [1.807, 2.05) is 6.92 Å². The monoisotopic (exact) mass is 226 g/mol. The first-order valence-electron chi connectivity index (χ1n) is 5.91. The summed E-state index contributed by atoms with van der Waals surface area (Å²) in [4.78, 5) is 4.42. The van der Waals surface area contributed by atoms with Gasteiger partial charge in [-0.15, -0.1) is 11.3 Å². The van der Waals surface area contributed by atoms with Crippen molar-refractivity contribution in [1.82, 2.24) is 4.98 Å². The van der Waals surface area contributed by atoms with Crippen molar-refractivity contribution in [2.45, 2.75) is 58.4 Å². The molecule has 1 unspecified atom stereocenters. The molecule has 3 heteroatoms. The molecule has 0 amide bonds. The average Bonchev–Trinajstić information content (AvgIpc) is 2.64. The highest BCUT2D eigenvalue weighted by atomic mass is 32.1. The maximum Gasteiger partial charge on any atom is 0.110 e. The third-order valence-electron chi connectivity index (χ3n) is 2.57. The zero-order chi connectivity index (χ0) is 11.1. The van der Waals surface area contributed by atoms with Gasteiger partial charge in [0.2, 0.25) is 0 Å². The number of nitrogens with zero attached hydrogens (tertiary/aromatic N) is 1. The van der Waals surface area contributed by atoms with Crippen LogP contribution in [0.3, 0.4) is 0 Å². The van der Waals surface area contributed by atoms with E-state index >= 15 is 0 Å². The van der Waals surface area contributed by atoms with Crippen LogP contribution in [0, 0.1) is 6.92 Å². The maximum absolute atomic E-state index is 6.07. The van der Waals surface area contributed by atoms with Crippen molar-refractivity contribution >= 4 is 11.3 Å². The van der Waals surface area contributed by atoms with Gasteiger partial charge in [-0.1, -0.05) is 39.0 Å². The summed E-state index contributed by atoms with van der Waals surface area (Å²) < 4.78 is 0. The average molecular weight is 226 g/mol. The minimum atomic E-state index is 0.158. The fourth-order valence-corrected chi connectivity index (χ4v) is 2.47. The zero-order valence-corrected chi connectivity index (χ0v) is 10.6. The van der Waals surface area contributed by atoms with Gasteiger partial charge in [0.15, 0.2) is 0 Å². The van der Waals surface area contributed by atoms with E-state index in [1.165, 1.54) is 32.1 Å². The van der Waals surface area contributed by atoms with Crippen molar-refractivity contribution in [3.05, 3.63) is 16.1 Å². The van der Waals surface area contributed by atoms with Gasteiger partial charge in [0, 0.05) is 11.1 Å². The first kappa shape index (κ1) is 12.7. The summed E-state index contributed by atoms with van der Waals surface area (Å²) in [6, 6.07) is 0.158. The SMILES string of the molecule is CCCCCCCC(N)c1nc(C)cs1. The number of unbranched alkanes of at least 4 members (excludes halogenated alkanes) is 4. The molecular formula is C12H22N2S. The fourth-order valence-electron chi connectivity index (χ4n) is 1.63. The molecule has 0 radical (unpaired) electrons. The largest absolute Gasteiger partial charge is 0.322 e. The van der Waals surface area contributed by atoms with E-state index in [2.05, 4.69) is 17.3 Å². The maximum atomic E-state index is 6.07. The fraction of sp³-hybridized carbons (Fsp3) is 0.750. The second kappa shape index (κ2) is 6.96. The van der Waals surface area contributed by atoms with Crippen LogP contribution in [-0.4, -0.2) is 4.98 Å². The number of rotatable bonds is 7. The van der Waals surface area contributed by atoms with Gasteiger partial charge in [0.05, 0.1) is 6.04 Å². The lowest BCUT2D eigenvalue weighted by molar-refractivity contribution is 0.553. The molecule has 0 aliphatic carbocycles. The minimum Gasteiger partial charge on any atom is -0.322 e. The predicted octanol–water partition coefficient (Wildman–Crippen LogP) is 3.81. The Hall–Kier alpha value is -0.410. The molecule has 2 N–H and O–H groups in total. The lowest BCUT2D eigenvalue weighted by Crippen LogP contribution is -2.09. The van der Waals surface area contributed by atoms with Crippen LogP contribution in [0.2, 0.25) is 0 Å². The van der Waals surface area contributed by atoms with E-state index in [0.717, 1.165) is 17.1 Å². The van der Waals surface area contributed by atoms with Crippen LogP contribution >= 0.6 is 11.3 Å². The molecule has 0 saturated carbocycles. The number of aryl methyl sites for hydroxylation is 1. The number of thiazole rings is 1. The van der Waals surface area contributed by atoms with Crippen LogP contribution in [0.4, 0.5) is 0 Å². The zero-order valence-electron chi connectivity index (χ0n) is 9.83. The van der Waals surface area contributed by atoms with Gasteiger partial charge in [-0.05, 0) is 13.3 Å². The second-order valence-corrected chi connectivity index (χ2v) is 5.03. The number of nitrogens with two attached hydrogens (primary N) is 1. The van der Waals surface area contributed by atoms with Gasteiger partial charge >= 0.3 is 0 Å². The Bertz CT molecular complexity index is 270. The molecule has 0 spiro atoms. The number of aromatic nitrogens is 1. The molecule has 1 rings (SSSR count). The summed E-state index contributed by atoms with van der Waals surface area (Å²) in [5.74, 6) is 0. The Morgan fingerprint density at radius 3 is 2.67 bits per heavy atom. The summed E-state index contributed by atoms with van der Waals surface area (Å²) in [5.41, 5.74) is 7.16. The van der Waals surface area contributed by atoms with Crippen molar-refractivity contribution in [2.75, 3.05) is 0 Å². The summed E-state index contributed by atoms with van der Waals surface area (Å²) in [6.45, 7) is 4.26. The first-order valence-corrected chi connectivity index (χ1v) is 6.79. The van der Waals surface area contributed by atoms with Crippen LogP contribution in [-0.2, 0) is 0 Å². The summed E-state index contributed by atoms with van der Waals surface area (Å²) in [5, 5.41) is 3.18. The topological polar surface area (TPSA) is 38.9 Å². The van der Waals surface area contributed by atoms with Crippen molar-refractivity contribution in [3.8, 4) is 0 Å². The number of hydrogen-bond acceptors (Lipinski definition) is 3. The van der Waals surface area contributed by atoms with Gasteiger partial charge < -0.3 is 5.73 Å². The summed E-state index contributed by atoms with van der Waals surface area (Å²) >= 11 is 1.69. The van der Waals surface area contributed by atoms with Gasteiger partial charge in [0.25, 0.3) is 0 Å². The van der Waals surface area contributed by atoms with Gasteiger partial charge in [-0.25, -0.2) is 4.98 Å². The van der Waals surface area contributed by atoms with Crippen LogP contribution in [0.15, 0.2) is 5.38 Å². The van der Waals surface area contributed by atoms with Crippen LogP contribution in [0.5, 0.6) is 0 Å². The highest BCUT2D eigenvalue weighted by Crippen LogP contribution is 2.21. The van der Waals surface area contributed by atoms with Gasteiger partial charge in [-0.2, -0.15) is 0 Å². The van der Waals surface area contributed by atoms with E-state index in [1.54, 1.807) is 11.3 Å². The van der Waals surface area contributed by atoms with E-state index in [0.29, 0.717) is 0 Å². The molecule has 0 saturated heterocycles. The molecule has 0 aliphatic heterocycles. The van der Waals surface area contributed by atoms with Gasteiger partial charge in [-0.3, -0.25) is 0 Å². The predicted molar refractivity (Wildman–Crippen MR) is 67.2 cm³/mol. The van der Waals surface area contributed by atoms with Crippen LogP contribution in [0.1, 0.15) is 62.2 Å². The molecule has 2 nitrogen and oxygen atoms in total. The van der Waals surface area contributed by atoms with Crippen molar-refractivity contribution in [3.63, 3.8) is 0 Å². The Balaban J connectivity index is 2.16. The Kier molecular flexibility index (Phi) is 5.88. The van der Waals surface area contributed by atoms with Gasteiger partial charge in [0.1, 0.15) is 5.01 Å². The Morgan fingerprint density at radius 1 is 1.33 bits per heavy atom. The molecule has 1 aromatic heterocycles. The third-order valence-corrected chi connectivity index (χ3v) is 3.67. The number of hydrogen-bond donors (Lipinski definition) is 1. The molecule has 15 heavy (non-hydrogen) atoms. The van der Waals surface area contributed by atoms with E-state index in [9.17, 15) is 0 Å². The molecule has 0 aliphatic rings. The molecule has 1 aromatic rings. The van der Waals surface area contributed by atoms with Crippen molar-refractivity contribution < 1.29 is 0 Å². The highest BCUT2D eigenvalue weighted by Gasteiger charge is 2.08. The Morgan fingerprint density at radius 2 is 2.07 bits per heavy atom. The van der Waals surface area contributed by atoms with E-state index in [4.69, 9.17) is 5.73 Å². The molecule has 1 atom stereocenters. The van der Waals surface area contributed by atoms with Crippen LogP contribution < -0.4 is 5.73 Å².